The van der Waals surface area contributed by atoms with Gasteiger partial charge in [-0.2, -0.15) is 0 Å². The fourth-order valence-electron chi connectivity index (χ4n) is 1.65. The van der Waals surface area contributed by atoms with Gasteiger partial charge >= 0.3 is 0 Å². The number of halogens is 1. The largest absolute Gasteiger partial charge is 0.490 e. The van der Waals surface area contributed by atoms with Gasteiger partial charge in [-0.05, 0) is 22.0 Å². The van der Waals surface area contributed by atoms with Crippen molar-refractivity contribution in [2.24, 2.45) is 5.73 Å². The number of hydrogen-bond acceptors (Lipinski definition) is 6. The van der Waals surface area contributed by atoms with E-state index in [9.17, 15) is 4.79 Å². The standard InChI is InChI=1S/C12H13BrN4O3/c1-19-2-3-20-9-5-8-6(4-7(9)13)10(14)11(12(15)18)17-16-8/h4-5H,2-3H2,1H3,(H2,14,16)(H2,15,18). The Kier molecular flexibility index (Phi) is 4.35. The molecular weight excluding hydrogens is 328 g/mol. The molecule has 2 aromatic rings. The van der Waals surface area contributed by atoms with Crippen LogP contribution in [-0.2, 0) is 4.74 Å². The maximum absolute atomic E-state index is 11.2. The van der Waals surface area contributed by atoms with Gasteiger partial charge in [0.15, 0.2) is 5.69 Å². The van der Waals surface area contributed by atoms with Gasteiger partial charge in [0.25, 0.3) is 5.91 Å². The molecule has 0 saturated heterocycles. The molecule has 0 atom stereocenters. The van der Waals surface area contributed by atoms with Gasteiger partial charge in [0.2, 0.25) is 0 Å². The summed E-state index contributed by atoms with van der Waals surface area (Å²) in [4.78, 5) is 11.2. The van der Waals surface area contributed by atoms with Gasteiger partial charge in [-0.25, -0.2) is 0 Å². The van der Waals surface area contributed by atoms with Crippen LogP contribution in [0.5, 0.6) is 5.75 Å². The fourth-order valence-corrected chi connectivity index (χ4v) is 2.11. The second-order valence-corrected chi connectivity index (χ2v) is 4.82. The van der Waals surface area contributed by atoms with Gasteiger partial charge in [-0.3, -0.25) is 4.79 Å². The molecule has 1 aromatic heterocycles. The van der Waals surface area contributed by atoms with Gasteiger partial charge in [0.05, 0.1) is 22.3 Å². The molecule has 106 valence electrons. The lowest BCUT2D eigenvalue weighted by molar-refractivity contribution is 0.0996. The Hall–Kier alpha value is -1.93. The van der Waals surface area contributed by atoms with E-state index in [1.807, 2.05) is 0 Å². The zero-order valence-electron chi connectivity index (χ0n) is 10.7. The highest BCUT2D eigenvalue weighted by atomic mass is 79.9. The van der Waals surface area contributed by atoms with E-state index in [0.717, 1.165) is 0 Å². The first-order valence-corrected chi connectivity index (χ1v) is 6.51. The van der Waals surface area contributed by atoms with E-state index >= 15 is 0 Å². The van der Waals surface area contributed by atoms with Crippen molar-refractivity contribution in [1.82, 2.24) is 10.2 Å². The Morgan fingerprint density at radius 3 is 2.75 bits per heavy atom. The van der Waals surface area contributed by atoms with Crippen LogP contribution >= 0.6 is 15.9 Å². The first-order chi connectivity index (χ1) is 9.54. The van der Waals surface area contributed by atoms with Crippen molar-refractivity contribution in [2.75, 3.05) is 26.1 Å². The molecule has 8 heteroatoms. The zero-order valence-corrected chi connectivity index (χ0v) is 12.3. The fraction of sp³-hybridized carbons (Fsp3) is 0.250. The number of ether oxygens (including phenoxy) is 2. The monoisotopic (exact) mass is 340 g/mol. The van der Waals surface area contributed by atoms with Crippen LogP contribution in [0.1, 0.15) is 10.5 Å². The summed E-state index contributed by atoms with van der Waals surface area (Å²) in [5.74, 6) is -0.122. The number of anilines is 1. The van der Waals surface area contributed by atoms with Gasteiger partial charge < -0.3 is 20.9 Å². The van der Waals surface area contributed by atoms with Gasteiger partial charge in [-0.1, -0.05) is 0 Å². The maximum Gasteiger partial charge on any atom is 0.271 e. The maximum atomic E-state index is 11.2. The van der Waals surface area contributed by atoms with Crippen molar-refractivity contribution >= 4 is 38.4 Å². The third kappa shape index (κ3) is 2.81. The lowest BCUT2D eigenvalue weighted by atomic mass is 10.1. The number of nitrogen functional groups attached to an aromatic ring is 1. The number of amides is 1. The molecule has 0 unspecified atom stereocenters. The van der Waals surface area contributed by atoms with E-state index in [1.54, 1.807) is 19.2 Å². The van der Waals surface area contributed by atoms with Crippen LogP contribution in [0.2, 0.25) is 0 Å². The second kappa shape index (κ2) is 6.02. The number of carbonyl (C=O) groups is 1. The molecular formula is C12H13BrN4O3. The Bertz CT molecular complexity index is 663. The highest BCUT2D eigenvalue weighted by molar-refractivity contribution is 9.10. The number of nitrogens with zero attached hydrogens (tertiary/aromatic N) is 2. The first-order valence-electron chi connectivity index (χ1n) is 5.71. The van der Waals surface area contributed by atoms with E-state index in [1.165, 1.54) is 0 Å². The number of carbonyl (C=O) groups excluding carboxylic acids is 1. The summed E-state index contributed by atoms with van der Waals surface area (Å²) in [5, 5.41) is 8.24. The minimum absolute atomic E-state index is 0.0440. The minimum atomic E-state index is -0.714. The normalized spacial score (nSPS) is 10.7. The van der Waals surface area contributed by atoms with E-state index in [2.05, 4.69) is 26.1 Å². The molecule has 0 spiro atoms. The van der Waals surface area contributed by atoms with Gasteiger partial charge in [0.1, 0.15) is 12.4 Å². The number of benzene rings is 1. The highest BCUT2D eigenvalue weighted by Gasteiger charge is 2.14. The predicted octanol–water partition coefficient (Wildman–Crippen LogP) is 1.10. The van der Waals surface area contributed by atoms with Crippen LogP contribution in [0.4, 0.5) is 5.69 Å². The summed E-state index contributed by atoms with van der Waals surface area (Å²) >= 11 is 3.38. The van der Waals surface area contributed by atoms with Gasteiger partial charge in [0, 0.05) is 18.6 Å². The molecule has 4 N–H and O–H groups in total. The molecule has 20 heavy (non-hydrogen) atoms. The molecule has 7 nitrogen and oxygen atoms in total. The Balaban J connectivity index is 2.45. The van der Waals surface area contributed by atoms with Crippen molar-refractivity contribution in [2.45, 2.75) is 0 Å². The Labute approximate surface area is 123 Å². The third-order valence-electron chi connectivity index (χ3n) is 2.63. The van der Waals surface area contributed by atoms with Crippen LogP contribution in [-0.4, -0.2) is 36.4 Å². The second-order valence-electron chi connectivity index (χ2n) is 3.97. The molecule has 0 aliphatic heterocycles. The molecule has 0 radical (unpaired) electrons. The molecule has 1 aromatic carbocycles. The molecule has 2 rings (SSSR count). The van der Waals surface area contributed by atoms with Crippen LogP contribution in [0.15, 0.2) is 16.6 Å². The molecule has 1 amide bonds. The summed E-state index contributed by atoms with van der Waals surface area (Å²) < 4.78 is 11.1. The lowest BCUT2D eigenvalue weighted by Crippen LogP contribution is -2.16. The average Bonchev–Trinajstić information content (AvgIpc) is 2.40. The quantitative estimate of drug-likeness (QED) is 0.788. The molecule has 0 bridgehead atoms. The van der Waals surface area contributed by atoms with E-state index in [4.69, 9.17) is 20.9 Å². The first kappa shape index (κ1) is 14.5. The molecule has 0 aliphatic carbocycles. The molecule has 1 heterocycles. The van der Waals surface area contributed by atoms with E-state index < -0.39 is 5.91 Å². The summed E-state index contributed by atoms with van der Waals surface area (Å²) in [6.45, 7) is 0.877. The van der Waals surface area contributed by atoms with Crippen molar-refractivity contribution in [3.8, 4) is 5.75 Å². The van der Waals surface area contributed by atoms with Crippen LogP contribution in [0.3, 0.4) is 0 Å². The summed E-state index contributed by atoms with van der Waals surface area (Å²) in [7, 11) is 1.59. The molecule has 0 aliphatic rings. The van der Waals surface area contributed by atoms with E-state index in [0.29, 0.717) is 34.3 Å². The van der Waals surface area contributed by atoms with Crippen molar-refractivity contribution in [1.29, 1.82) is 0 Å². The third-order valence-corrected chi connectivity index (χ3v) is 3.25. The Morgan fingerprint density at radius 1 is 1.35 bits per heavy atom. The summed E-state index contributed by atoms with van der Waals surface area (Å²) in [6.07, 6.45) is 0. The van der Waals surface area contributed by atoms with Crippen LogP contribution in [0.25, 0.3) is 10.9 Å². The topological polar surface area (TPSA) is 113 Å². The SMILES string of the molecule is COCCOc1cc2nnc(C(N)=O)c(N)c2cc1Br. The summed E-state index contributed by atoms with van der Waals surface area (Å²) in [5.41, 5.74) is 11.7. The van der Waals surface area contributed by atoms with Gasteiger partial charge in [-0.15, -0.1) is 10.2 Å². The molecule has 0 saturated carbocycles. The lowest BCUT2D eigenvalue weighted by Gasteiger charge is -2.10. The average molecular weight is 341 g/mol. The Morgan fingerprint density at radius 2 is 2.10 bits per heavy atom. The predicted molar refractivity (Wildman–Crippen MR) is 77.5 cm³/mol. The minimum Gasteiger partial charge on any atom is -0.490 e. The number of methoxy groups -OCH3 is 1. The zero-order chi connectivity index (χ0) is 14.7. The number of rotatable bonds is 5. The highest BCUT2D eigenvalue weighted by Crippen LogP contribution is 2.32. The van der Waals surface area contributed by atoms with Crippen LogP contribution < -0.4 is 16.2 Å². The van der Waals surface area contributed by atoms with Crippen LogP contribution in [0, 0.1) is 0 Å². The number of nitrogens with two attached hydrogens (primary N) is 2. The number of aromatic nitrogens is 2. The summed E-state index contributed by atoms with van der Waals surface area (Å²) in [6, 6.07) is 3.40. The van der Waals surface area contributed by atoms with E-state index in [-0.39, 0.29) is 11.4 Å². The smallest absolute Gasteiger partial charge is 0.271 e. The molecule has 0 fully saturated rings. The number of primary amides is 1. The van der Waals surface area contributed by atoms with Crippen molar-refractivity contribution in [3.63, 3.8) is 0 Å². The van der Waals surface area contributed by atoms with Crippen molar-refractivity contribution < 1.29 is 14.3 Å². The van der Waals surface area contributed by atoms with Crippen molar-refractivity contribution in [3.05, 3.63) is 22.3 Å². The number of fused-ring (bicyclic) bond motifs is 1. The number of hydrogen-bond donors (Lipinski definition) is 2.